The largest absolute Gasteiger partial charge is 0.476 e. The van der Waals surface area contributed by atoms with Crippen LogP contribution in [0.25, 0.3) is 11.0 Å². The molecule has 9 nitrogen and oxygen atoms in total. The van der Waals surface area contributed by atoms with Gasteiger partial charge in [0.2, 0.25) is 5.71 Å². The summed E-state index contributed by atoms with van der Waals surface area (Å²) in [5.74, 6) is 0.369. The van der Waals surface area contributed by atoms with E-state index in [4.69, 9.17) is 9.94 Å². The van der Waals surface area contributed by atoms with Crippen molar-refractivity contribution in [1.29, 1.82) is 0 Å². The van der Waals surface area contributed by atoms with Crippen LogP contribution in [0, 0.1) is 11.8 Å². The van der Waals surface area contributed by atoms with Crippen molar-refractivity contribution in [3.05, 3.63) is 40.3 Å². The molecule has 0 spiro atoms. The number of carboxylic acids is 1. The van der Waals surface area contributed by atoms with Crippen LogP contribution < -0.4 is 5.56 Å². The molecule has 4 bridgehead atoms. The van der Waals surface area contributed by atoms with Gasteiger partial charge in [-0.15, -0.1) is 0 Å². The Kier molecular flexibility index (Phi) is 7.22. The van der Waals surface area contributed by atoms with Gasteiger partial charge in [-0.1, -0.05) is 43.0 Å². The second-order valence-corrected chi connectivity index (χ2v) is 11.8. The normalized spacial score (nSPS) is 31.8. The molecule has 2 saturated heterocycles. The Hall–Kier alpha value is -2.78. The first kappa shape index (κ1) is 25.5. The molecule has 1 aromatic carbocycles. The van der Waals surface area contributed by atoms with Gasteiger partial charge >= 0.3 is 5.97 Å². The number of benzene rings is 1. The number of piperidine rings is 2. The first-order valence-electron chi connectivity index (χ1n) is 14.4. The van der Waals surface area contributed by atoms with Crippen molar-refractivity contribution in [3.8, 4) is 0 Å². The number of carboxylic acid groups (broad SMARTS) is 1. The Bertz CT molecular complexity index is 1250. The number of hydrogen-bond acceptors (Lipinski definition) is 7. The highest BCUT2D eigenvalue weighted by atomic mass is 16.6. The third-order valence-electron chi connectivity index (χ3n) is 9.46. The van der Waals surface area contributed by atoms with E-state index in [1.165, 1.54) is 44.9 Å². The Balaban J connectivity index is 1.36. The van der Waals surface area contributed by atoms with Gasteiger partial charge in [-0.05, 0) is 68.9 Å². The summed E-state index contributed by atoms with van der Waals surface area (Å²) >= 11 is 0. The van der Waals surface area contributed by atoms with E-state index in [1.54, 1.807) is 10.6 Å². The number of nitrogens with zero attached hydrogens (tertiary/aromatic N) is 4. The van der Waals surface area contributed by atoms with E-state index in [-0.39, 0.29) is 24.9 Å². The molecule has 2 saturated carbocycles. The van der Waals surface area contributed by atoms with Gasteiger partial charge < -0.3 is 19.6 Å². The summed E-state index contributed by atoms with van der Waals surface area (Å²) in [7, 11) is 0. The number of hydrogen-bond donors (Lipinski definition) is 2. The number of para-hydroxylation sites is 2. The van der Waals surface area contributed by atoms with Crippen LogP contribution in [0.15, 0.2) is 34.2 Å². The minimum atomic E-state index is -1.39. The van der Waals surface area contributed by atoms with E-state index in [1.807, 2.05) is 18.2 Å². The van der Waals surface area contributed by atoms with Crippen LogP contribution in [-0.2, 0) is 9.63 Å². The van der Waals surface area contributed by atoms with E-state index < -0.39 is 17.2 Å². The maximum absolute atomic E-state index is 13.9. The Morgan fingerprint density at radius 2 is 1.63 bits per heavy atom. The summed E-state index contributed by atoms with van der Waals surface area (Å²) < 4.78 is 1.79. The first-order valence-corrected chi connectivity index (χ1v) is 14.4. The summed E-state index contributed by atoms with van der Waals surface area (Å²) in [4.78, 5) is 38.2. The molecule has 4 atom stereocenters. The fourth-order valence-electron chi connectivity index (χ4n) is 8.14. The van der Waals surface area contributed by atoms with Crippen molar-refractivity contribution < 1.29 is 19.8 Å². The van der Waals surface area contributed by atoms with Crippen LogP contribution >= 0.6 is 0 Å². The molecule has 6 rings (SSSR count). The summed E-state index contributed by atoms with van der Waals surface area (Å²) in [6, 6.07) is 8.96. The molecule has 4 aliphatic rings. The smallest absolute Gasteiger partial charge is 0.360 e. The molecule has 4 fully saturated rings. The lowest BCUT2D eigenvalue weighted by atomic mass is 9.68. The lowest BCUT2D eigenvalue weighted by molar-refractivity contribution is -0.129. The molecular weight excluding hydrogens is 484 g/mol. The van der Waals surface area contributed by atoms with Crippen LogP contribution in [-0.4, -0.2) is 67.7 Å². The highest BCUT2D eigenvalue weighted by Crippen LogP contribution is 2.47. The highest BCUT2D eigenvalue weighted by Gasteiger charge is 2.45. The van der Waals surface area contributed by atoms with E-state index in [0.717, 1.165) is 43.0 Å². The predicted octanol–water partition coefficient (Wildman–Crippen LogP) is 3.72. The minimum Gasteiger partial charge on any atom is -0.476 e. The van der Waals surface area contributed by atoms with Gasteiger partial charge in [-0.25, -0.2) is 9.78 Å². The molecule has 204 valence electrons. The third kappa shape index (κ3) is 4.75. The molecule has 0 radical (unpaired) electrons. The lowest BCUT2D eigenvalue weighted by Crippen LogP contribution is -2.58. The number of rotatable bonds is 7. The number of carbonyl (C=O) groups is 1. The molecule has 38 heavy (non-hydrogen) atoms. The summed E-state index contributed by atoms with van der Waals surface area (Å²) in [6.07, 6.45) is 13.5. The molecule has 3 heterocycles. The van der Waals surface area contributed by atoms with E-state index in [2.05, 4.69) is 15.0 Å². The summed E-state index contributed by atoms with van der Waals surface area (Å²) in [5, 5.41) is 22.5. The molecule has 9 heteroatoms. The van der Waals surface area contributed by atoms with Gasteiger partial charge in [0.25, 0.3) is 5.56 Å². The van der Waals surface area contributed by atoms with Gasteiger partial charge in [0.15, 0.2) is 5.69 Å². The lowest BCUT2D eigenvalue weighted by Gasteiger charge is -2.55. The Morgan fingerprint density at radius 1 is 0.947 bits per heavy atom. The molecule has 1 aromatic heterocycles. The van der Waals surface area contributed by atoms with Crippen LogP contribution in [0.4, 0.5) is 0 Å². The van der Waals surface area contributed by atoms with Gasteiger partial charge in [0.1, 0.15) is 6.61 Å². The summed E-state index contributed by atoms with van der Waals surface area (Å²) in [5.41, 5.74) is 0.0919. The number of oxime groups is 1. The summed E-state index contributed by atoms with van der Waals surface area (Å²) in [6.45, 7) is -0.473. The zero-order valence-corrected chi connectivity index (χ0v) is 21.9. The molecule has 4 unspecified atom stereocenters. The van der Waals surface area contributed by atoms with Crippen molar-refractivity contribution in [2.75, 3.05) is 13.2 Å². The molecule has 2 aliphatic heterocycles. The van der Waals surface area contributed by atoms with Crippen molar-refractivity contribution in [2.45, 2.75) is 94.8 Å². The van der Waals surface area contributed by atoms with Gasteiger partial charge in [0, 0.05) is 24.2 Å². The fraction of sp³-hybridized carbons (Fsp3) is 0.655. The Morgan fingerprint density at radius 3 is 2.32 bits per heavy atom. The average molecular weight is 523 g/mol. The van der Waals surface area contributed by atoms with E-state index >= 15 is 0 Å². The molecule has 2 aliphatic carbocycles. The number of aliphatic hydroxyl groups is 1. The maximum atomic E-state index is 13.9. The van der Waals surface area contributed by atoms with Gasteiger partial charge in [-0.2, -0.15) is 0 Å². The molecule has 2 aromatic rings. The zero-order valence-electron chi connectivity index (χ0n) is 21.9. The standard InChI is InChI=1S/C29H38N4O5/c34-11-12-38-31-27(29(36)37)26-28(35)33(25-10-2-1-9-24(25)30-26)23-16-20-7-4-8-21(17-23)32(20)22-14-18-5-3-6-19(13-18)15-22/h1-2,9-10,18-23,34H,3-8,11-17H2,(H,36,37)/b31-27-. The number of aromatic nitrogens is 2. The van der Waals surface area contributed by atoms with Crippen molar-refractivity contribution in [3.63, 3.8) is 0 Å². The van der Waals surface area contributed by atoms with Crippen LogP contribution in [0.5, 0.6) is 0 Å². The van der Waals surface area contributed by atoms with Crippen LogP contribution in [0.2, 0.25) is 0 Å². The molecular formula is C29H38N4O5. The maximum Gasteiger partial charge on any atom is 0.360 e. The first-order chi connectivity index (χ1) is 18.5. The quantitative estimate of drug-likeness (QED) is 0.323. The SMILES string of the molecule is O=C(O)/C(=N\OCCO)c1nc2ccccc2n(C2CC3CCCC(C2)N3C2CC3CCCC(C3)C2)c1=O. The third-order valence-corrected chi connectivity index (χ3v) is 9.46. The van der Waals surface area contributed by atoms with E-state index in [0.29, 0.717) is 23.6 Å². The fourth-order valence-corrected chi connectivity index (χ4v) is 8.14. The highest BCUT2D eigenvalue weighted by molar-refractivity contribution is 6.41. The number of aliphatic hydroxyl groups excluding tert-OH is 1. The second kappa shape index (κ2) is 10.8. The van der Waals surface area contributed by atoms with Gasteiger partial charge in [-0.3, -0.25) is 9.69 Å². The average Bonchev–Trinajstić information content (AvgIpc) is 2.90. The topological polar surface area (TPSA) is 117 Å². The van der Waals surface area contributed by atoms with Gasteiger partial charge in [0.05, 0.1) is 17.6 Å². The minimum absolute atomic E-state index is 0.0304. The zero-order chi connectivity index (χ0) is 26.2. The number of fused-ring (bicyclic) bond motifs is 5. The van der Waals surface area contributed by atoms with E-state index in [9.17, 15) is 14.7 Å². The predicted molar refractivity (Wildman–Crippen MR) is 143 cm³/mol. The monoisotopic (exact) mass is 522 g/mol. The molecule has 0 amide bonds. The van der Waals surface area contributed by atoms with Crippen molar-refractivity contribution in [2.24, 2.45) is 17.0 Å². The van der Waals surface area contributed by atoms with Crippen LogP contribution in [0.3, 0.4) is 0 Å². The van der Waals surface area contributed by atoms with Crippen molar-refractivity contribution in [1.82, 2.24) is 14.5 Å². The van der Waals surface area contributed by atoms with Crippen molar-refractivity contribution >= 4 is 22.7 Å². The van der Waals surface area contributed by atoms with Crippen LogP contribution in [0.1, 0.15) is 82.4 Å². The molecule has 2 N–H and O–H groups in total. The second-order valence-electron chi connectivity index (χ2n) is 11.8. The number of aliphatic carboxylic acids is 1. The Labute approximate surface area is 222 Å².